The molecule has 1 saturated heterocycles. The normalized spacial score (nSPS) is 22.8. The third-order valence-electron chi connectivity index (χ3n) is 3.18. The molecule has 1 aliphatic rings. The largest absolute Gasteiger partial charge is 0.469 e. The molecule has 0 aromatic carbocycles. The van der Waals surface area contributed by atoms with Crippen LogP contribution in [0.2, 0.25) is 0 Å². The van der Waals surface area contributed by atoms with Gasteiger partial charge >= 0.3 is 5.97 Å². The second-order valence-corrected chi connectivity index (χ2v) is 4.25. The van der Waals surface area contributed by atoms with Gasteiger partial charge in [0.1, 0.15) is 18.3 Å². The minimum atomic E-state index is -0.524. The van der Waals surface area contributed by atoms with E-state index < -0.39 is 12.0 Å². The number of nitrogens with two attached hydrogens (primary N) is 1. The van der Waals surface area contributed by atoms with E-state index in [0.717, 1.165) is 5.76 Å². The van der Waals surface area contributed by atoms with Crippen molar-refractivity contribution in [2.75, 3.05) is 13.7 Å². The summed E-state index contributed by atoms with van der Waals surface area (Å²) in [6, 6.07) is 3.04. The lowest BCUT2D eigenvalue weighted by Gasteiger charge is -2.44. The highest BCUT2D eigenvalue weighted by Gasteiger charge is 2.45. The third-order valence-corrected chi connectivity index (χ3v) is 3.18. The molecule has 1 fully saturated rings. The highest BCUT2D eigenvalue weighted by Crippen LogP contribution is 2.23. The topological polar surface area (TPSA) is 85.8 Å². The number of amides is 1. The van der Waals surface area contributed by atoms with Crippen molar-refractivity contribution in [2.24, 2.45) is 5.73 Å². The van der Waals surface area contributed by atoms with Crippen LogP contribution in [0.1, 0.15) is 12.2 Å². The summed E-state index contributed by atoms with van der Waals surface area (Å²) in [5.41, 5.74) is 5.74. The quantitative estimate of drug-likeness (QED) is 0.585. The molecule has 6 nitrogen and oxygen atoms in total. The van der Waals surface area contributed by atoms with Gasteiger partial charge in [0.2, 0.25) is 5.91 Å². The van der Waals surface area contributed by atoms with E-state index in [0.29, 0.717) is 12.8 Å². The van der Waals surface area contributed by atoms with Crippen LogP contribution in [0.25, 0.3) is 0 Å². The number of nitrogens with zero attached hydrogens (tertiary/aromatic N) is 1. The van der Waals surface area contributed by atoms with Crippen molar-refractivity contribution in [3.63, 3.8) is 0 Å². The van der Waals surface area contributed by atoms with Gasteiger partial charge in [-0.2, -0.15) is 0 Å². The number of ether oxygens (including phenoxy) is 1. The Labute approximate surface area is 105 Å². The van der Waals surface area contributed by atoms with Gasteiger partial charge in [-0.1, -0.05) is 0 Å². The standard InChI is InChI=1S/C12H16N2O4/c1-17-10(15)7-14-9(11(13)12(14)16)5-4-8-3-2-6-18-8/h2-3,6,9,11H,4-5,7,13H2,1H3/t9-,11+/m1/s1. The van der Waals surface area contributed by atoms with Crippen LogP contribution in [-0.2, 0) is 20.7 Å². The molecular weight excluding hydrogens is 236 g/mol. The Kier molecular flexibility index (Phi) is 3.66. The highest BCUT2D eigenvalue weighted by molar-refractivity contribution is 5.92. The summed E-state index contributed by atoms with van der Waals surface area (Å²) >= 11 is 0. The predicted octanol–water partition coefficient (Wildman–Crippen LogP) is -0.0767. The molecule has 2 rings (SSSR count). The van der Waals surface area contributed by atoms with Crippen molar-refractivity contribution in [3.8, 4) is 0 Å². The number of methoxy groups -OCH3 is 1. The highest BCUT2D eigenvalue weighted by atomic mass is 16.5. The molecule has 6 heteroatoms. The minimum Gasteiger partial charge on any atom is -0.469 e. The molecule has 1 aliphatic heterocycles. The Hall–Kier alpha value is -1.82. The molecule has 0 saturated carbocycles. The first-order valence-electron chi connectivity index (χ1n) is 5.78. The molecule has 0 radical (unpaired) electrons. The van der Waals surface area contributed by atoms with Gasteiger partial charge in [0.05, 0.1) is 19.4 Å². The molecule has 0 aliphatic carbocycles. The number of hydrogen-bond acceptors (Lipinski definition) is 5. The van der Waals surface area contributed by atoms with Crippen LogP contribution in [0, 0.1) is 0 Å². The summed E-state index contributed by atoms with van der Waals surface area (Å²) in [4.78, 5) is 24.2. The van der Waals surface area contributed by atoms with E-state index in [1.54, 1.807) is 6.26 Å². The SMILES string of the molecule is COC(=O)CN1C(=O)[C@@H](N)[C@H]1CCc1ccco1. The Bertz CT molecular complexity index is 429. The number of β-lactam (4-membered cyclic amide) rings is 1. The van der Waals surface area contributed by atoms with Gasteiger partial charge in [0, 0.05) is 6.42 Å². The molecule has 18 heavy (non-hydrogen) atoms. The van der Waals surface area contributed by atoms with Crippen molar-refractivity contribution in [2.45, 2.75) is 24.9 Å². The average Bonchev–Trinajstić information content (AvgIpc) is 2.89. The van der Waals surface area contributed by atoms with Gasteiger partial charge in [0.15, 0.2) is 0 Å². The van der Waals surface area contributed by atoms with E-state index in [1.807, 2.05) is 12.1 Å². The number of likely N-dealkylation sites (tertiary alicyclic amines) is 1. The summed E-state index contributed by atoms with van der Waals surface area (Å²) in [5.74, 6) is 0.211. The van der Waals surface area contributed by atoms with E-state index >= 15 is 0 Å². The maximum atomic E-state index is 11.6. The first kappa shape index (κ1) is 12.6. The van der Waals surface area contributed by atoms with Crippen LogP contribution in [0.3, 0.4) is 0 Å². The Morgan fingerprint density at radius 3 is 3.00 bits per heavy atom. The van der Waals surface area contributed by atoms with Gasteiger partial charge < -0.3 is 19.8 Å². The van der Waals surface area contributed by atoms with Crippen LogP contribution in [0.15, 0.2) is 22.8 Å². The molecule has 2 N–H and O–H groups in total. The third kappa shape index (κ3) is 2.38. The molecule has 2 heterocycles. The number of rotatable bonds is 5. The fourth-order valence-electron chi connectivity index (χ4n) is 2.11. The van der Waals surface area contributed by atoms with Gasteiger partial charge in [-0.25, -0.2) is 0 Å². The van der Waals surface area contributed by atoms with E-state index in [4.69, 9.17) is 10.2 Å². The number of esters is 1. The van der Waals surface area contributed by atoms with E-state index in [9.17, 15) is 9.59 Å². The van der Waals surface area contributed by atoms with Gasteiger partial charge in [-0.3, -0.25) is 9.59 Å². The lowest BCUT2D eigenvalue weighted by atomic mass is 9.91. The maximum absolute atomic E-state index is 11.6. The number of aryl methyl sites for hydroxylation is 1. The molecule has 98 valence electrons. The van der Waals surface area contributed by atoms with Crippen LogP contribution in [0.4, 0.5) is 0 Å². The second kappa shape index (κ2) is 5.22. The fraction of sp³-hybridized carbons (Fsp3) is 0.500. The summed E-state index contributed by atoms with van der Waals surface area (Å²) < 4.78 is 9.76. The second-order valence-electron chi connectivity index (χ2n) is 4.25. The monoisotopic (exact) mass is 252 g/mol. The van der Waals surface area contributed by atoms with E-state index in [-0.39, 0.29) is 18.5 Å². The molecule has 1 amide bonds. The number of hydrogen-bond donors (Lipinski definition) is 1. The maximum Gasteiger partial charge on any atom is 0.325 e. The van der Waals surface area contributed by atoms with Crippen molar-refractivity contribution < 1.29 is 18.7 Å². The molecule has 2 atom stereocenters. The molecule has 1 aromatic heterocycles. The molecule has 0 bridgehead atoms. The molecule has 0 spiro atoms. The van der Waals surface area contributed by atoms with Crippen molar-refractivity contribution in [1.29, 1.82) is 0 Å². The number of carbonyl (C=O) groups is 2. The van der Waals surface area contributed by atoms with Gasteiger partial charge in [0.25, 0.3) is 0 Å². The lowest BCUT2D eigenvalue weighted by Crippen LogP contribution is -2.69. The molecular formula is C12H16N2O4. The Balaban J connectivity index is 1.89. The number of furan rings is 1. The van der Waals surface area contributed by atoms with Gasteiger partial charge in [-0.15, -0.1) is 0 Å². The van der Waals surface area contributed by atoms with Gasteiger partial charge in [-0.05, 0) is 18.6 Å². The van der Waals surface area contributed by atoms with Crippen LogP contribution in [0.5, 0.6) is 0 Å². The first-order valence-corrected chi connectivity index (χ1v) is 5.78. The molecule has 0 unspecified atom stereocenters. The van der Waals surface area contributed by atoms with E-state index in [2.05, 4.69) is 4.74 Å². The lowest BCUT2D eigenvalue weighted by molar-refractivity contribution is -0.158. The average molecular weight is 252 g/mol. The van der Waals surface area contributed by atoms with Crippen molar-refractivity contribution >= 4 is 11.9 Å². The Morgan fingerprint density at radius 1 is 1.61 bits per heavy atom. The van der Waals surface area contributed by atoms with Crippen molar-refractivity contribution in [1.82, 2.24) is 4.90 Å². The van der Waals surface area contributed by atoms with Crippen molar-refractivity contribution in [3.05, 3.63) is 24.2 Å². The first-order chi connectivity index (χ1) is 8.63. The Morgan fingerprint density at radius 2 is 2.39 bits per heavy atom. The predicted molar refractivity (Wildman–Crippen MR) is 62.5 cm³/mol. The minimum absolute atomic E-state index is 0.0359. The number of carbonyl (C=O) groups excluding carboxylic acids is 2. The zero-order valence-corrected chi connectivity index (χ0v) is 10.2. The summed E-state index contributed by atoms with van der Waals surface area (Å²) in [5, 5.41) is 0. The smallest absolute Gasteiger partial charge is 0.325 e. The zero-order valence-electron chi connectivity index (χ0n) is 10.2. The fourth-order valence-corrected chi connectivity index (χ4v) is 2.11. The van der Waals surface area contributed by atoms with Crippen LogP contribution >= 0.6 is 0 Å². The summed E-state index contributed by atoms with van der Waals surface area (Å²) in [6.45, 7) is -0.0359. The van der Waals surface area contributed by atoms with Crippen LogP contribution < -0.4 is 5.73 Å². The zero-order chi connectivity index (χ0) is 13.1. The molecule has 1 aromatic rings. The van der Waals surface area contributed by atoms with E-state index in [1.165, 1.54) is 12.0 Å². The summed E-state index contributed by atoms with van der Waals surface area (Å²) in [7, 11) is 1.30. The van der Waals surface area contributed by atoms with Crippen LogP contribution in [-0.4, -0.2) is 42.5 Å². The summed E-state index contributed by atoms with van der Waals surface area (Å²) in [6.07, 6.45) is 2.97.